The van der Waals surface area contributed by atoms with E-state index >= 15 is 0 Å². The molecule has 0 bridgehead atoms. The van der Waals surface area contributed by atoms with Gasteiger partial charge in [-0.2, -0.15) is 0 Å². The fourth-order valence-electron chi connectivity index (χ4n) is 7.68. The maximum absolute atomic E-state index is 13.2. The van der Waals surface area contributed by atoms with Crippen LogP contribution in [0.15, 0.2) is 35.3 Å². The van der Waals surface area contributed by atoms with Gasteiger partial charge in [-0.1, -0.05) is 33.8 Å². The Morgan fingerprint density at radius 2 is 1.77 bits per heavy atom. The van der Waals surface area contributed by atoms with Crippen LogP contribution in [-0.4, -0.2) is 27.1 Å². The second kappa shape index (κ2) is 9.12. The van der Waals surface area contributed by atoms with Crippen LogP contribution in [0, 0.1) is 33.0 Å². The number of carbonyl (C=O) groups is 2. The third-order valence-electron chi connectivity index (χ3n) is 10.6. The van der Waals surface area contributed by atoms with Crippen LogP contribution in [0.1, 0.15) is 106 Å². The molecular weight excluding hydrogens is 440 g/mol. The van der Waals surface area contributed by atoms with E-state index in [4.69, 9.17) is 0 Å². The van der Waals surface area contributed by atoms with E-state index in [2.05, 4.69) is 27.7 Å². The Morgan fingerprint density at radius 3 is 2.37 bits per heavy atom. The normalized spacial score (nSPS) is 42.9. The first-order chi connectivity index (χ1) is 16.0. The molecule has 0 amide bonds. The van der Waals surface area contributed by atoms with E-state index < -0.39 is 11.4 Å². The molecule has 0 saturated heterocycles. The predicted molar refractivity (Wildman–Crippen MR) is 139 cm³/mol. The van der Waals surface area contributed by atoms with Crippen molar-refractivity contribution in [3.05, 3.63) is 35.3 Å². The number of ketones is 1. The first kappa shape index (κ1) is 27.5. The third-order valence-corrected chi connectivity index (χ3v) is 10.6. The molecule has 0 radical (unpaired) electrons. The van der Waals surface area contributed by atoms with Gasteiger partial charge in [0.25, 0.3) is 0 Å². The number of rotatable bonds is 5. The Labute approximate surface area is 211 Å². The number of carboxylic acids is 1. The van der Waals surface area contributed by atoms with E-state index in [1.54, 1.807) is 13.0 Å². The SMILES string of the molecule is CC[C@@]12CC[C@@]3(C)/C=C/C(O)=C(O)\C(C)=C\C(=O)CC3[C@@]1(C)CC[C@@](C)(CCC(C)(C)C(=O)O)C2. The molecule has 5 nitrogen and oxygen atoms in total. The summed E-state index contributed by atoms with van der Waals surface area (Å²) < 4.78 is 0. The molecule has 0 aromatic rings. The summed E-state index contributed by atoms with van der Waals surface area (Å²) in [6.45, 7) is 14.5. The zero-order valence-corrected chi connectivity index (χ0v) is 22.8. The van der Waals surface area contributed by atoms with Gasteiger partial charge in [0, 0.05) is 6.42 Å². The predicted octanol–water partition coefficient (Wildman–Crippen LogP) is 7.69. The number of aliphatic carboxylic acids is 1. The van der Waals surface area contributed by atoms with Crippen LogP contribution in [0.2, 0.25) is 0 Å². The molecule has 3 N–H and O–H groups in total. The van der Waals surface area contributed by atoms with Crippen molar-refractivity contribution in [2.45, 2.75) is 106 Å². The lowest BCUT2D eigenvalue weighted by Crippen LogP contribution is -2.59. The molecule has 3 aliphatic carbocycles. The number of aliphatic hydroxyl groups excluding tert-OH is 2. The van der Waals surface area contributed by atoms with Gasteiger partial charge in [-0.05, 0) is 117 Å². The minimum Gasteiger partial charge on any atom is -0.504 e. The van der Waals surface area contributed by atoms with Gasteiger partial charge in [-0.25, -0.2) is 0 Å². The first-order valence-electron chi connectivity index (χ1n) is 13.3. The molecule has 0 spiro atoms. The van der Waals surface area contributed by atoms with E-state index in [1.807, 2.05) is 19.9 Å². The summed E-state index contributed by atoms with van der Waals surface area (Å²) >= 11 is 0. The largest absolute Gasteiger partial charge is 0.504 e. The molecule has 2 fully saturated rings. The van der Waals surface area contributed by atoms with Crippen LogP contribution >= 0.6 is 0 Å². The van der Waals surface area contributed by atoms with Gasteiger partial charge in [-0.15, -0.1) is 0 Å². The van der Waals surface area contributed by atoms with Crippen molar-refractivity contribution in [2.75, 3.05) is 0 Å². The second-order valence-corrected chi connectivity index (χ2v) is 13.4. The van der Waals surface area contributed by atoms with E-state index in [9.17, 15) is 24.9 Å². The highest BCUT2D eigenvalue weighted by Crippen LogP contribution is 2.71. The summed E-state index contributed by atoms with van der Waals surface area (Å²) in [5.41, 5.74) is -0.508. The van der Waals surface area contributed by atoms with E-state index in [1.165, 1.54) is 6.08 Å². The van der Waals surface area contributed by atoms with Gasteiger partial charge in [-0.3, -0.25) is 9.59 Å². The summed E-state index contributed by atoms with van der Waals surface area (Å²) in [7, 11) is 0. The van der Waals surface area contributed by atoms with Crippen LogP contribution in [0.3, 0.4) is 0 Å². The van der Waals surface area contributed by atoms with Crippen molar-refractivity contribution in [3.8, 4) is 0 Å². The Bertz CT molecular complexity index is 971. The lowest BCUT2D eigenvalue weighted by Gasteiger charge is -2.67. The number of hydrogen-bond donors (Lipinski definition) is 3. The minimum absolute atomic E-state index is 0.00181. The number of aliphatic hydroxyl groups is 2. The molecule has 0 aliphatic heterocycles. The molecule has 1 unspecified atom stereocenters. The molecule has 196 valence electrons. The maximum atomic E-state index is 13.2. The van der Waals surface area contributed by atoms with Gasteiger partial charge in [0.15, 0.2) is 17.3 Å². The van der Waals surface area contributed by atoms with Crippen molar-refractivity contribution in [3.63, 3.8) is 0 Å². The molecular formula is C30H46O5. The second-order valence-electron chi connectivity index (χ2n) is 13.4. The lowest BCUT2D eigenvalue weighted by molar-refractivity contribution is -0.169. The van der Waals surface area contributed by atoms with Crippen molar-refractivity contribution >= 4 is 11.8 Å². The molecule has 0 aromatic heterocycles. The number of fused-ring (bicyclic) bond motifs is 3. The summed E-state index contributed by atoms with van der Waals surface area (Å²) in [4.78, 5) is 24.9. The van der Waals surface area contributed by atoms with E-state index in [0.29, 0.717) is 18.4 Å². The molecule has 3 aliphatic rings. The van der Waals surface area contributed by atoms with E-state index in [-0.39, 0.29) is 44.9 Å². The standard InChI is InChI=1S/C30H46O5/c1-8-30-16-14-28(6)10-9-22(32)24(33)20(2)17-21(31)18-23(28)29(30,7)15-13-27(5,19-30)12-11-26(3,4)25(34)35/h9-10,17,23,32-33H,8,11-16,18-19H2,1-7H3,(H,34,35)/b10-9+,20-17+,24-22-/t23?,27-,28-,29-,30+/m1/s1. The monoisotopic (exact) mass is 486 g/mol. The molecule has 2 saturated carbocycles. The molecule has 3 rings (SSSR count). The zero-order valence-electron chi connectivity index (χ0n) is 22.8. The summed E-state index contributed by atoms with van der Waals surface area (Å²) in [6.07, 6.45) is 13.2. The summed E-state index contributed by atoms with van der Waals surface area (Å²) in [5.74, 6) is -1.05. The Hall–Kier alpha value is -2.04. The summed E-state index contributed by atoms with van der Waals surface area (Å²) in [6, 6.07) is 0. The molecule has 5 atom stereocenters. The van der Waals surface area contributed by atoms with Crippen molar-refractivity contribution < 1.29 is 24.9 Å². The van der Waals surface area contributed by atoms with Gasteiger partial charge < -0.3 is 15.3 Å². The fourth-order valence-corrected chi connectivity index (χ4v) is 7.68. The average Bonchev–Trinajstić information content (AvgIpc) is 2.79. The topological polar surface area (TPSA) is 94.8 Å². The highest BCUT2D eigenvalue weighted by atomic mass is 16.4. The fraction of sp³-hybridized carbons (Fsp3) is 0.733. The molecule has 0 heterocycles. The third kappa shape index (κ3) is 4.84. The van der Waals surface area contributed by atoms with Crippen LogP contribution in [0.5, 0.6) is 0 Å². The molecule has 5 heteroatoms. The quantitative estimate of drug-likeness (QED) is 0.370. The van der Waals surface area contributed by atoms with Crippen molar-refractivity contribution in [1.29, 1.82) is 0 Å². The minimum atomic E-state index is -0.737. The molecule has 0 aromatic carbocycles. The van der Waals surface area contributed by atoms with Gasteiger partial charge in [0.05, 0.1) is 5.41 Å². The molecule has 35 heavy (non-hydrogen) atoms. The Morgan fingerprint density at radius 1 is 1.11 bits per heavy atom. The lowest BCUT2D eigenvalue weighted by atomic mass is 9.37. The van der Waals surface area contributed by atoms with Gasteiger partial charge >= 0.3 is 5.97 Å². The smallest absolute Gasteiger partial charge is 0.309 e. The highest BCUT2D eigenvalue weighted by molar-refractivity contribution is 5.91. The van der Waals surface area contributed by atoms with Crippen molar-refractivity contribution in [1.82, 2.24) is 0 Å². The number of carboxylic acid groups (broad SMARTS) is 1. The van der Waals surface area contributed by atoms with Crippen LogP contribution < -0.4 is 0 Å². The van der Waals surface area contributed by atoms with Crippen LogP contribution in [-0.2, 0) is 9.59 Å². The van der Waals surface area contributed by atoms with Gasteiger partial charge in [0.1, 0.15) is 0 Å². The number of hydrogen-bond acceptors (Lipinski definition) is 4. The average molecular weight is 487 g/mol. The van der Waals surface area contributed by atoms with Crippen LogP contribution in [0.4, 0.5) is 0 Å². The number of allylic oxidation sites excluding steroid dienone is 4. The maximum Gasteiger partial charge on any atom is 0.309 e. The van der Waals surface area contributed by atoms with Crippen molar-refractivity contribution in [2.24, 2.45) is 33.0 Å². The number of carbonyl (C=O) groups excluding carboxylic acids is 1. The van der Waals surface area contributed by atoms with E-state index in [0.717, 1.165) is 44.9 Å². The zero-order chi connectivity index (χ0) is 26.4. The highest BCUT2D eigenvalue weighted by Gasteiger charge is 2.62. The van der Waals surface area contributed by atoms with Crippen LogP contribution in [0.25, 0.3) is 0 Å². The Kier molecular flexibility index (Phi) is 7.18. The first-order valence-corrected chi connectivity index (χ1v) is 13.3. The Balaban J connectivity index is 2.00. The summed E-state index contributed by atoms with van der Waals surface area (Å²) in [5, 5.41) is 30.4. The van der Waals surface area contributed by atoms with Gasteiger partial charge in [0.2, 0.25) is 0 Å².